The Labute approximate surface area is 101 Å². The molecule has 0 bridgehead atoms. The van der Waals surface area contributed by atoms with Crippen LogP contribution in [0.4, 0.5) is 0 Å². The van der Waals surface area contributed by atoms with Crippen LogP contribution < -0.4 is 5.73 Å². The van der Waals surface area contributed by atoms with E-state index in [0.717, 1.165) is 24.4 Å². The third-order valence-electron chi connectivity index (χ3n) is 4.80. The zero-order chi connectivity index (χ0) is 11.4. The monoisotopic (exact) mass is 224 g/mol. The van der Waals surface area contributed by atoms with E-state index in [4.69, 9.17) is 5.73 Å². The summed E-state index contributed by atoms with van der Waals surface area (Å²) in [5.74, 6) is 1.79. The van der Waals surface area contributed by atoms with Gasteiger partial charge in [0.25, 0.3) is 0 Å². The van der Waals surface area contributed by atoms with Gasteiger partial charge in [-0.1, -0.05) is 26.2 Å². The first kappa shape index (κ1) is 12.4. The number of hydrogen-bond acceptors (Lipinski definition) is 2. The largest absolute Gasteiger partial charge is 0.330 e. The second kappa shape index (κ2) is 6.02. The fourth-order valence-corrected chi connectivity index (χ4v) is 3.52. The van der Waals surface area contributed by atoms with Gasteiger partial charge in [0.15, 0.2) is 0 Å². The first-order chi connectivity index (χ1) is 7.83. The summed E-state index contributed by atoms with van der Waals surface area (Å²) in [4.78, 5) is 2.73. The normalized spacial score (nSPS) is 37.5. The van der Waals surface area contributed by atoms with E-state index in [1.807, 2.05) is 0 Å². The SMILES string of the molecule is CCC1CCCC(N2CCC(CN)C2)CC1. The molecule has 3 atom stereocenters. The summed E-state index contributed by atoms with van der Waals surface area (Å²) in [5.41, 5.74) is 5.77. The number of nitrogens with zero attached hydrogens (tertiary/aromatic N) is 1. The Morgan fingerprint density at radius 1 is 1.06 bits per heavy atom. The average Bonchev–Trinajstić information content (AvgIpc) is 2.67. The van der Waals surface area contributed by atoms with Crippen LogP contribution in [-0.4, -0.2) is 30.6 Å². The summed E-state index contributed by atoms with van der Waals surface area (Å²) in [6.45, 7) is 5.83. The van der Waals surface area contributed by atoms with Crippen molar-refractivity contribution in [1.82, 2.24) is 4.90 Å². The van der Waals surface area contributed by atoms with Crippen LogP contribution >= 0.6 is 0 Å². The molecule has 1 aliphatic heterocycles. The number of rotatable bonds is 3. The van der Waals surface area contributed by atoms with E-state index in [0.29, 0.717) is 0 Å². The molecule has 0 radical (unpaired) electrons. The minimum Gasteiger partial charge on any atom is -0.330 e. The first-order valence-corrected chi connectivity index (χ1v) is 7.27. The van der Waals surface area contributed by atoms with Crippen molar-refractivity contribution in [2.24, 2.45) is 17.6 Å². The van der Waals surface area contributed by atoms with Crippen LogP contribution in [0.5, 0.6) is 0 Å². The van der Waals surface area contributed by atoms with Crippen LogP contribution in [0.2, 0.25) is 0 Å². The van der Waals surface area contributed by atoms with Crippen molar-refractivity contribution in [3.05, 3.63) is 0 Å². The molecule has 0 aromatic rings. The molecule has 1 saturated carbocycles. The molecule has 3 unspecified atom stereocenters. The van der Waals surface area contributed by atoms with Gasteiger partial charge in [-0.3, -0.25) is 0 Å². The lowest BCUT2D eigenvalue weighted by Crippen LogP contribution is -2.33. The van der Waals surface area contributed by atoms with Gasteiger partial charge in [-0.05, 0) is 50.6 Å². The van der Waals surface area contributed by atoms with Crippen LogP contribution in [0.1, 0.15) is 51.9 Å². The zero-order valence-corrected chi connectivity index (χ0v) is 10.8. The predicted molar refractivity (Wildman–Crippen MR) is 69.4 cm³/mol. The van der Waals surface area contributed by atoms with E-state index < -0.39 is 0 Å². The summed E-state index contributed by atoms with van der Waals surface area (Å²) in [7, 11) is 0. The molecule has 2 fully saturated rings. The van der Waals surface area contributed by atoms with Crippen LogP contribution in [0.25, 0.3) is 0 Å². The van der Waals surface area contributed by atoms with Crippen LogP contribution in [0, 0.1) is 11.8 Å². The van der Waals surface area contributed by atoms with Gasteiger partial charge in [0.1, 0.15) is 0 Å². The van der Waals surface area contributed by atoms with Gasteiger partial charge < -0.3 is 10.6 Å². The van der Waals surface area contributed by atoms with Crippen LogP contribution in [-0.2, 0) is 0 Å². The molecule has 2 heteroatoms. The Hall–Kier alpha value is -0.0800. The highest BCUT2D eigenvalue weighted by atomic mass is 15.2. The van der Waals surface area contributed by atoms with Gasteiger partial charge in [-0.2, -0.15) is 0 Å². The topological polar surface area (TPSA) is 29.3 Å². The maximum Gasteiger partial charge on any atom is 0.00954 e. The summed E-state index contributed by atoms with van der Waals surface area (Å²) in [6, 6.07) is 0.882. The fourth-order valence-electron chi connectivity index (χ4n) is 3.52. The van der Waals surface area contributed by atoms with E-state index in [1.54, 1.807) is 0 Å². The highest BCUT2D eigenvalue weighted by Crippen LogP contribution is 2.30. The van der Waals surface area contributed by atoms with Crippen molar-refractivity contribution in [2.75, 3.05) is 19.6 Å². The van der Waals surface area contributed by atoms with Gasteiger partial charge in [0.2, 0.25) is 0 Å². The minimum atomic E-state index is 0.783. The molecule has 0 amide bonds. The standard InChI is InChI=1S/C14H28N2/c1-2-12-4-3-5-14(7-6-12)16-9-8-13(10-15)11-16/h12-14H,2-11,15H2,1H3. The van der Waals surface area contributed by atoms with Crippen molar-refractivity contribution in [3.8, 4) is 0 Å². The lowest BCUT2D eigenvalue weighted by molar-refractivity contribution is 0.212. The van der Waals surface area contributed by atoms with E-state index in [9.17, 15) is 0 Å². The Morgan fingerprint density at radius 3 is 2.62 bits per heavy atom. The van der Waals surface area contributed by atoms with E-state index in [-0.39, 0.29) is 0 Å². The molecule has 16 heavy (non-hydrogen) atoms. The summed E-state index contributed by atoms with van der Waals surface area (Å²) in [6.07, 6.45) is 9.99. The minimum absolute atomic E-state index is 0.783. The van der Waals surface area contributed by atoms with Crippen LogP contribution in [0.15, 0.2) is 0 Å². The first-order valence-electron chi connectivity index (χ1n) is 7.27. The Bertz CT molecular complexity index is 205. The molecule has 1 heterocycles. The highest BCUT2D eigenvalue weighted by molar-refractivity contribution is 4.84. The second-order valence-corrected chi connectivity index (χ2v) is 5.82. The molecule has 2 nitrogen and oxygen atoms in total. The van der Waals surface area contributed by atoms with Gasteiger partial charge in [0, 0.05) is 12.6 Å². The van der Waals surface area contributed by atoms with Crippen molar-refractivity contribution in [2.45, 2.75) is 57.9 Å². The smallest absolute Gasteiger partial charge is 0.00954 e. The fraction of sp³-hybridized carbons (Fsp3) is 1.00. The van der Waals surface area contributed by atoms with E-state index >= 15 is 0 Å². The van der Waals surface area contributed by atoms with Gasteiger partial charge in [-0.25, -0.2) is 0 Å². The third-order valence-corrected chi connectivity index (χ3v) is 4.80. The van der Waals surface area contributed by atoms with Crippen molar-refractivity contribution < 1.29 is 0 Å². The molecule has 1 saturated heterocycles. The molecule has 1 aliphatic carbocycles. The Balaban J connectivity index is 1.81. The maximum atomic E-state index is 5.77. The molecule has 0 aromatic carbocycles. The summed E-state index contributed by atoms with van der Waals surface area (Å²) < 4.78 is 0. The Kier molecular flexibility index (Phi) is 4.66. The molecule has 94 valence electrons. The van der Waals surface area contributed by atoms with Gasteiger partial charge in [-0.15, -0.1) is 0 Å². The van der Waals surface area contributed by atoms with Crippen molar-refractivity contribution in [3.63, 3.8) is 0 Å². The quantitative estimate of drug-likeness (QED) is 0.747. The second-order valence-electron chi connectivity index (χ2n) is 5.82. The summed E-state index contributed by atoms with van der Waals surface area (Å²) >= 11 is 0. The lowest BCUT2D eigenvalue weighted by Gasteiger charge is -2.26. The van der Waals surface area contributed by atoms with E-state index in [2.05, 4.69) is 11.8 Å². The molecular weight excluding hydrogens is 196 g/mol. The molecule has 0 spiro atoms. The number of hydrogen-bond donors (Lipinski definition) is 1. The molecular formula is C14H28N2. The van der Waals surface area contributed by atoms with E-state index in [1.165, 1.54) is 58.0 Å². The predicted octanol–water partition coefficient (Wildman–Crippen LogP) is 2.63. The molecule has 2 N–H and O–H groups in total. The van der Waals surface area contributed by atoms with Crippen molar-refractivity contribution >= 4 is 0 Å². The maximum absolute atomic E-state index is 5.77. The highest BCUT2D eigenvalue weighted by Gasteiger charge is 2.28. The number of nitrogens with two attached hydrogens (primary N) is 1. The zero-order valence-electron chi connectivity index (χ0n) is 10.8. The summed E-state index contributed by atoms with van der Waals surface area (Å²) in [5, 5.41) is 0. The van der Waals surface area contributed by atoms with Crippen molar-refractivity contribution in [1.29, 1.82) is 0 Å². The number of likely N-dealkylation sites (tertiary alicyclic amines) is 1. The molecule has 2 aliphatic rings. The Morgan fingerprint density at radius 2 is 1.94 bits per heavy atom. The average molecular weight is 224 g/mol. The van der Waals surface area contributed by atoms with Crippen LogP contribution in [0.3, 0.4) is 0 Å². The molecule has 0 aromatic heterocycles. The van der Waals surface area contributed by atoms with Gasteiger partial charge in [0.05, 0.1) is 0 Å². The lowest BCUT2D eigenvalue weighted by atomic mass is 9.97. The molecule has 2 rings (SSSR count). The third kappa shape index (κ3) is 2.98. The van der Waals surface area contributed by atoms with Gasteiger partial charge >= 0.3 is 0 Å².